The molecular formula is C17H19FO3. The van der Waals surface area contributed by atoms with Crippen molar-refractivity contribution in [1.82, 2.24) is 0 Å². The molecule has 4 heteroatoms. The molecule has 1 N–H and O–H groups in total. The number of ether oxygens (including phenoxy) is 2. The molecule has 0 aliphatic heterocycles. The van der Waals surface area contributed by atoms with E-state index in [1.807, 2.05) is 19.1 Å². The summed E-state index contributed by atoms with van der Waals surface area (Å²) in [4.78, 5) is 0. The van der Waals surface area contributed by atoms with Gasteiger partial charge in [0.15, 0.2) is 11.6 Å². The highest BCUT2D eigenvalue weighted by molar-refractivity contribution is 5.31. The minimum atomic E-state index is -0.449. The summed E-state index contributed by atoms with van der Waals surface area (Å²) in [6, 6.07) is 12.0. The van der Waals surface area contributed by atoms with Gasteiger partial charge < -0.3 is 14.6 Å². The minimum Gasteiger partial charge on any atom is -0.494 e. The van der Waals surface area contributed by atoms with E-state index in [1.165, 1.54) is 13.2 Å². The maximum absolute atomic E-state index is 13.5. The van der Waals surface area contributed by atoms with E-state index >= 15 is 0 Å². The largest absolute Gasteiger partial charge is 0.494 e. The third-order valence-electron chi connectivity index (χ3n) is 3.27. The second kappa shape index (κ2) is 7.09. The highest BCUT2D eigenvalue weighted by Crippen LogP contribution is 2.22. The molecule has 0 spiro atoms. The number of aliphatic hydroxyl groups excluding tert-OH is 1. The van der Waals surface area contributed by atoms with Crippen molar-refractivity contribution in [2.45, 2.75) is 26.1 Å². The summed E-state index contributed by atoms with van der Waals surface area (Å²) in [7, 11) is 1.43. The maximum Gasteiger partial charge on any atom is 0.165 e. The predicted octanol–water partition coefficient (Wildman–Crippen LogP) is 3.86. The lowest BCUT2D eigenvalue weighted by molar-refractivity contribution is 0.173. The molecule has 2 aromatic carbocycles. The maximum atomic E-state index is 13.5. The number of hydrogen-bond donors (Lipinski definition) is 1. The molecule has 0 saturated heterocycles. The Morgan fingerprint density at radius 3 is 2.43 bits per heavy atom. The Bertz CT molecular complexity index is 581. The smallest absolute Gasteiger partial charge is 0.165 e. The fourth-order valence-corrected chi connectivity index (χ4v) is 1.99. The van der Waals surface area contributed by atoms with Gasteiger partial charge in [-0.2, -0.15) is 0 Å². The van der Waals surface area contributed by atoms with Crippen molar-refractivity contribution in [2.75, 3.05) is 7.11 Å². The van der Waals surface area contributed by atoms with Crippen molar-refractivity contribution >= 4 is 0 Å². The number of rotatable bonds is 6. The summed E-state index contributed by atoms with van der Waals surface area (Å²) in [6.45, 7) is 2.20. The SMILES string of the molecule is CCC(O)c1ccc(OCc2ccc(OC)c(F)c2)cc1. The monoisotopic (exact) mass is 290 g/mol. The predicted molar refractivity (Wildman–Crippen MR) is 79.0 cm³/mol. The summed E-state index contributed by atoms with van der Waals surface area (Å²) >= 11 is 0. The zero-order valence-corrected chi connectivity index (χ0v) is 12.2. The van der Waals surface area contributed by atoms with Crippen molar-refractivity contribution in [2.24, 2.45) is 0 Å². The van der Waals surface area contributed by atoms with Crippen molar-refractivity contribution in [3.05, 3.63) is 59.4 Å². The third kappa shape index (κ3) is 3.95. The molecule has 3 nitrogen and oxygen atoms in total. The Hall–Kier alpha value is -2.07. The van der Waals surface area contributed by atoms with Gasteiger partial charge in [0.1, 0.15) is 12.4 Å². The van der Waals surface area contributed by atoms with E-state index in [2.05, 4.69) is 0 Å². The van der Waals surface area contributed by atoms with Gasteiger partial charge in [-0.15, -0.1) is 0 Å². The number of methoxy groups -OCH3 is 1. The Kier molecular flexibility index (Phi) is 5.17. The van der Waals surface area contributed by atoms with Gasteiger partial charge in [0.25, 0.3) is 0 Å². The molecule has 1 atom stereocenters. The van der Waals surface area contributed by atoms with Crippen LogP contribution in [0.5, 0.6) is 11.5 Å². The van der Waals surface area contributed by atoms with Crippen molar-refractivity contribution in [3.8, 4) is 11.5 Å². The Morgan fingerprint density at radius 1 is 1.14 bits per heavy atom. The molecule has 0 fully saturated rings. The molecule has 21 heavy (non-hydrogen) atoms. The molecule has 0 aliphatic carbocycles. The van der Waals surface area contributed by atoms with Crippen LogP contribution in [0.3, 0.4) is 0 Å². The van der Waals surface area contributed by atoms with E-state index in [-0.39, 0.29) is 12.4 Å². The topological polar surface area (TPSA) is 38.7 Å². The average molecular weight is 290 g/mol. The standard InChI is InChI=1S/C17H19FO3/c1-3-16(19)13-5-7-14(8-6-13)21-11-12-4-9-17(20-2)15(18)10-12/h4-10,16,19H,3,11H2,1-2H3. The quantitative estimate of drug-likeness (QED) is 0.878. The van der Waals surface area contributed by atoms with E-state index < -0.39 is 11.9 Å². The number of aliphatic hydroxyl groups is 1. The molecule has 0 radical (unpaired) electrons. The third-order valence-corrected chi connectivity index (χ3v) is 3.27. The lowest BCUT2D eigenvalue weighted by Crippen LogP contribution is -1.98. The molecule has 2 aromatic rings. The Labute approximate surface area is 124 Å². The van der Waals surface area contributed by atoms with Gasteiger partial charge in [-0.3, -0.25) is 0 Å². The van der Waals surface area contributed by atoms with Crippen LogP contribution >= 0.6 is 0 Å². The lowest BCUT2D eigenvalue weighted by Gasteiger charge is -2.10. The van der Waals surface area contributed by atoms with Crippen LogP contribution in [0.25, 0.3) is 0 Å². The van der Waals surface area contributed by atoms with Crippen LogP contribution in [0, 0.1) is 5.82 Å². The van der Waals surface area contributed by atoms with Gasteiger partial charge >= 0.3 is 0 Å². The highest BCUT2D eigenvalue weighted by atomic mass is 19.1. The second-order valence-electron chi connectivity index (χ2n) is 4.75. The normalized spacial score (nSPS) is 12.0. The van der Waals surface area contributed by atoms with Crippen LogP contribution in [0.4, 0.5) is 4.39 Å². The Morgan fingerprint density at radius 2 is 1.86 bits per heavy atom. The van der Waals surface area contributed by atoms with Gasteiger partial charge in [-0.25, -0.2) is 4.39 Å². The first-order valence-electron chi connectivity index (χ1n) is 6.87. The van der Waals surface area contributed by atoms with E-state index in [4.69, 9.17) is 9.47 Å². The number of hydrogen-bond acceptors (Lipinski definition) is 3. The molecule has 0 bridgehead atoms. The average Bonchev–Trinajstić information content (AvgIpc) is 2.52. The van der Waals surface area contributed by atoms with Crippen LogP contribution in [-0.2, 0) is 6.61 Å². The molecule has 0 aliphatic rings. The fraction of sp³-hybridized carbons (Fsp3) is 0.294. The van der Waals surface area contributed by atoms with Gasteiger partial charge in [0.05, 0.1) is 13.2 Å². The van der Waals surface area contributed by atoms with Crippen molar-refractivity contribution in [1.29, 1.82) is 0 Å². The van der Waals surface area contributed by atoms with Gasteiger partial charge in [-0.1, -0.05) is 25.1 Å². The number of halogens is 1. The minimum absolute atomic E-state index is 0.219. The lowest BCUT2D eigenvalue weighted by atomic mass is 10.1. The fourth-order valence-electron chi connectivity index (χ4n) is 1.99. The molecule has 112 valence electrons. The molecular weight excluding hydrogens is 271 g/mol. The number of benzene rings is 2. The first-order chi connectivity index (χ1) is 10.1. The summed E-state index contributed by atoms with van der Waals surface area (Å²) in [6.07, 6.45) is 0.223. The van der Waals surface area contributed by atoms with Crippen LogP contribution in [0.1, 0.15) is 30.6 Å². The molecule has 0 saturated carbocycles. The Balaban J connectivity index is 1.98. The highest BCUT2D eigenvalue weighted by Gasteiger charge is 2.06. The molecule has 0 heterocycles. The van der Waals surface area contributed by atoms with Crippen molar-refractivity contribution < 1.29 is 19.0 Å². The van der Waals surface area contributed by atoms with Crippen LogP contribution in [0.2, 0.25) is 0 Å². The molecule has 0 aromatic heterocycles. The molecule has 0 amide bonds. The van der Waals surface area contributed by atoms with Gasteiger partial charge in [0, 0.05) is 0 Å². The van der Waals surface area contributed by atoms with E-state index in [9.17, 15) is 9.50 Å². The van der Waals surface area contributed by atoms with Crippen LogP contribution in [0.15, 0.2) is 42.5 Å². The zero-order chi connectivity index (χ0) is 15.2. The van der Waals surface area contributed by atoms with Crippen LogP contribution in [-0.4, -0.2) is 12.2 Å². The first kappa shape index (κ1) is 15.3. The summed E-state index contributed by atoms with van der Waals surface area (Å²) < 4.78 is 24.0. The van der Waals surface area contributed by atoms with Crippen LogP contribution < -0.4 is 9.47 Å². The summed E-state index contributed by atoms with van der Waals surface area (Å²) in [5.41, 5.74) is 1.59. The molecule has 1 unspecified atom stereocenters. The van der Waals surface area contributed by atoms with E-state index in [0.717, 1.165) is 11.1 Å². The summed E-state index contributed by atoms with van der Waals surface area (Å²) in [5, 5.41) is 9.71. The first-order valence-corrected chi connectivity index (χ1v) is 6.87. The van der Waals surface area contributed by atoms with E-state index in [0.29, 0.717) is 12.2 Å². The summed E-state index contributed by atoms with van der Waals surface area (Å²) in [5.74, 6) is 0.495. The van der Waals surface area contributed by atoms with Gasteiger partial charge in [0.2, 0.25) is 0 Å². The second-order valence-corrected chi connectivity index (χ2v) is 4.75. The van der Waals surface area contributed by atoms with E-state index in [1.54, 1.807) is 24.3 Å². The zero-order valence-electron chi connectivity index (χ0n) is 12.2. The van der Waals surface area contributed by atoms with Crippen molar-refractivity contribution in [3.63, 3.8) is 0 Å². The molecule has 2 rings (SSSR count). The van der Waals surface area contributed by atoms with Gasteiger partial charge in [-0.05, 0) is 41.8 Å².